The van der Waals surface area contributed by atoms with Gasteiger partial charge >= 0.3 is 0 Å². The number of rotatable bonds is 1. The van der Waals surface area contributed by atoms with E-state index in [0.717, 1.165) is 11.3 Å². The second kappa shape index (κ2) is 1.44. The van der Waals surface area contributed by atoms with Crippen LogP contribution < -0.4 is 0 Å². The van der Waals surface area contributed by atoms with E-state index in [9.17, 15) is 0 Å². The van der Waals surface area contributed by atoms with Crippen molar-refractivity contribution in [2.75, 3.05) is 11.5 Å². The third kappa shape index (κ3) is 0.485. The Balaban J connectivity index is 2.08. The summed E-state index contributed by atoms with van der Waals surface area (Å²) >= 11 is 2.16. The van der Waals surface area contributed by atoms with Crippen molar-refractivity contribution in [3.63, 3.8) is 0 Å². The molecule has 46 valence electrons. The number of fused-ring (bicyclic) bond motifs is 1. The normalized spacial score (nSPS) is 51.4. The van der Waals surface area contributed by atoms with E-state index in [1.54, 1.807) is 6.42 Å². The molecule has 0 aromatic heterocycles. The van der Waals surface area contributed by atoms with Crippen molar-refractivity contribution in [1.82, 2.24) is 0 Å². The Morgan fingerprint density at radius 1 is 1.75 bits per heavy atom. The van der Waals surface area contributed by atoms with Gasteiger partial charge in [0.05, 0.1) is 0 Å². The highest BCUT2D eigenvalue weighted by atomic mass is 32.2. The predicted octanol–water partition coefficient (Wildman–Crippen LogP) is 2.15. The second-order valence-electron chi connectivity index (χ2n) is 3.13. The first-order chi connectivity index (χ1) is 3.87. The molecule has 0 radical (unpaired) electrons. The largest absolute Gasteiger partial charge is 0.161 e. The monoisotopic (exact) mass is 128 g/mol. The maximum atomic E-state index is 2.34. The van der Waals surface area contributed by atoms with Crippen LogP contribution in [0.1, 0.15) is 19.8 Å². The van der Waals surface area contributed by atoms with E-state index >= 15 is 0 Å². The first-order valence-corrected chi connectivity index (χ1v) is 4.60. The Hall–Kier alpha value is 0.350. The fourth-order valence-corrected chi connectivity index (χ4v) is 3.62. The van der Waals surface area contributed by atoms with Gasteiger partial charge in [0.2, 0.25) is 0 Å². The van der Waals surface area contributed by atoms with Gasteiger partial charge in [-0.2, -0.15) is 11.8 Å². The molecule has 8 heavy (non-hydrogen) atoms. The van der Waals surface area contributed by atoms with Crippen molar-refractivity contribution in [2.45, 2.75) is 19.8 Å². The molecule has 0 spiro atoms. The Bertz CT molecular complexity index is 107. The third-order valence-corrected chi connectivity index (χ3v) is 4.19. The van der Waals surface area contributed by atoms with Gasteiger partial charge in [-0.1, -0.05) is 6.92 Å². The van der Waals surface area contributed by atoms with Crippen LogP contribution in [0.5, 0.6) is 0 Å². The second-order valence-corrected chi connectivity index (χ2v) is 4.16. The zero-order chi connectivity index (χ0) is 5.61. The van der Waals surface area contributed by atoms with Crippen LogP contribution in [0.4, 0.5) is 0 Å². The van der Waals surface area contributed by atoms with Gasteiger partial charge in [0.15, 0.2) is 0 Å². The quantitative estimate of drug-likeness (QED) is 0.521. The molecule has 1 heteroatoms. The van der Waals surface area contributed by atoms with Crippen LogP contribution in [0.2, 0.25) is 0 Å². The van der Waals surface area contributed by atoms with Gasteiger partial charge in [-0.25, -0.2) is 0 Å². The fraction of sp³-hybridized carbons (Fsp3) is 1.00. The summed E-state index contributed by atoms with van der Waals surface area (Å²) in [5.74, 6) is 4.07. The van der Waals surface area contributed by atoms with Crippen LogP contribution in [-0.4, -0.2) is 11.5 Å². The van der Waals surface area contributed by atoms with Crippen LogP contribution in [0, 0.1) is 11.3 Å². The van der Waals surface area contributed by atoms with E-state index in [4.69, 9.17) is 0 Å². The topological polar surface area (TPSA) is 0 Å². The summed E-state index contributed by atoms with van der Waals surface area (Å²) in [5.41, 5.74) is 0.866. The Labute approximate surface area is 55.0 Å². The highest BCUT2D eigenvalue weighted by molar-refractivity contribution is 7.99. The standard InChI is InChI=1S/C7H12S/c1-2-7-3-6(7)4-8-5-7/h6H,2-5H2,1H3/t6-,7+/m1/s1. The Morgan fingerprint density at radius 2 is 2.62 bits per heavy atom. The summed E-state index contributed by atoms with van der Waals surface area (Å²) in [7, 11) is 0. The van der Waals surface area contributed by atoms with Crippen LogP contribution in [0.15, 0.2) is 0 Å². The molecule has 0 bridgehead atoms. The van der Waals surface area contributed by atoms with Gasteiger partial charge in [0.1, 0.15) is 0 Å². The van der Waals surface area contributed by atoms with Gasteiger partial charge in [0, 0.05) is 0 Å². The van der Waals surface area contributed by atoms with Crippen LogP contribution in [0.25, 0.3) is 0 Å². The van der Waals surface area contributed by atoms with E-state index in [0.29, 0.717) is 0 Å². The molecule has 0 nitrogen and oxygen atoms in total. The zero-order valence-electron chi connectivity index (χ0n) is 5.31. The van der Waals surface area contributed by atoms with E-state index in [1.165, 1.54) is 17.9 Å². The van der Waals surface area contributed by atoms with Crippen molar-refractivity contribution in [2.24, 2.45) is 11.3 Å². The third-order valence-electron chi connectivity index (χ3n) is 2.77. The van der Waals surface area contributed by atoms with E-state index < -0.39 is 0 Å². The summed E-state index contributed by atoms with van der Waals surface area (Å²) in [5, 5.41) is 0. The lowest BCUT2D eigenvalue weighted by Crippen LogP contribution is -1.98. The fourth-order valence-electron chi connectivity index (χ4n) is 1.78. The molecular formula is C7H12S. The summed E-state index contributed by atoms with van der Waals surface area (Å²) in [6.45, 7) is 2.34. The highest BCUT2D eigenvalue weighted by Gasteiger charge is 2.55. The molecule has 2 rings (SSSR count). The zero-order valence-corrected chi connectivity index (χ0v) is 6.13. The molecular weight excluding hydrogens is 116 g/mol. The van der Waals surface area contributed by atoms with Gasteiger partial charge in [-0.15, -0.1) is 0 Å². The first kappa shape index (κ1) is 5.16. The Kier molecular flexibility index (Phi) is 0.928. The maximum Gasteiger partial charge on any atom is -0.000774 e. The van der Waals surface area contributed by atoms with Gasteiger partial charge < -0.3 is 0 Å². The van der Waals surface area contributed by atoms with Crippen LogP contribution in [-0.2, 0) is 0 Å². The summed E-state index contributed by atoms with van der Waals surface area (Å²) in [4.78, 5) is 0. The molecule has 1 aliphatic carbocycles. The molecule has 0 aromatic rings. The SMILES string of the molecule is CC[C@]12CSC[C@H]1C2. The number of hydrogen-bond acceptors (Lipinski definition) is 1. The molecule has 0 amide bonds. The minimum absolute atomic E-state index is 0.866. The van der Waals surface area contributed by atoms with Crippen LogP contribution in [0.3, 0.4) is 0 Å². The van der Waals surface area contributed by atoms with Crippen molar-refractivity contribution >= 4 is 11.8 Å². The van der Waals surface area contributed by atoms with Crippen molar-refractivity contribution in [3.05, 3.63) is 0 Å². The Morgan fingerprint density at radius 3 is 2.88 bits per heavy atom. The molecule has 1 saturated carbocycles. The van der Waals surface area contributed by atoms with Crippen molar-refractivity contribution in [3.8, 4) is 0 Å². The minimum atomic E-state index is 0.866. The van der Waals surface area contributed by atoms with Gasteiger partial charge in [-0.05, 0) is 35.7 Å². The first-order valence-electron chi connectivity index (χ1n) is 3.45. The van der Waals surface area contributed by atoms with Gasteiger partial charge in [-0.3, -0.25) is 0 Å². The average molecular weight is 128 g/mol. The highest BCUT2D eigenvalue weighted by Crippen LogP contribution is 2.62. The molecule has 2 aliphatic rings. The van der Waals surface area contributed by atoms with E-state index in [1.807, 2.05) is 0 Å². The lowest BCUT2D eigenvalue weighted by atomic mass is 10.0. The maximum absolute atomic E-state index is 2.34. The average Bonchev–Trinajstić information content (AvgIpc) is 2.38. The molecule has 1 saturated heterocycles. The van der Waals surface area contributed by atoms with Crippen LogP contribution >= 0.6 is 11.8 Å². The molecule has 0 aromatic carbocycles. The summed E-state index contributed by atoms with van der Waals surface area (Å²) in [6, 6.07) is 0. The number of thioether (sulfide) groups is 1. The minimum Gasteiger partial charge on any atom is -0.161 e. The molecule has 1 aliphatic heterocycles. The van der Waals surface area contributed by atoms with Crippen molar-refractivity contribution in [1.29, 1.82) is 0 Å². The molecule has 2 atom stereocenters. The van der Waals surface area contributed by atoms with Crippen molar-refractivity contribution < 1.29 is 0 Å². The van der Waals surface area contributed by atoms with E-state index in [2.05, 4.69) is 18.7 Å². The lowest BCUT2D eigenvalue weighted by molar-refractivity contribution is 0.531. The molecule has 0 N–H and O–H groups in total. The molecule has 1 heterocycles. The number of hydrogen-bond donors (Lipinski definition) is 0. The lowest BCUT2D eigenvalue weighted by Gasteiger charge is -2.03. The van der Waals surface area contributed by atoms with E-state index in [-0.39, 0.29) is 0 Å². The van der Waals surface area contributed by atoms with Gasteiger partial charge in [0.25, 0.3) is 0 Å². The summed E-state index contributed by atoms with van der Waals surface area (Å²) < 4.78 is 0. The smallest absolute Gasteiger partial charge is 0.000774 e. The summed E-state index contributed by atoms with van der Waals surface area (Å²) in [6.07, 6.45) is 2.99. The molecule has 0 unspecified atom stereocenters. The predicted molar refractivity (Wildman–Crippen MR) is 38.2 cm³/mol. The molecule has 2 fully saturated rings.